The number of fused-ring (bicyclic) bond motifs is 1. The van der Waals surface area contributed by atoms with Crippen LogP contribution in [0.4, 0.5) is 0 Å². The van der Waals surface area contributed by atoms with E-state index in [0.29, 0.717) is 18.0 Å². The predicted octanol–water partition coefficient (Wildman–Crippen LogP) is 3.07. The molecule has 0 N–H and O–H groups in total. The van der Waals surface area contributed by atoms with Gasteiger partial charge in [0, 0.05) is 19.0 Å². The maximum atomic E-state index is 12.9. The second-order valence-corrected chi connectivity index (χ2v) is 7.59. The molecule has 0 aliphatic heterocycles. The van der Waals surface area contributed by atoms with Crippen molar-refractivity contribution >= 4 is 33.4 Å². The van der Waals surface area contributed by atoms with E-state index in [-0.39, 0.29) is 23.4 Å². The molecule has 0 fully saturated rings. The number of likely N-dealkylation sites (N-methyl/N-ethyl adjacent to an activating group) is 1. The van der Waals surface area contributed by atoms with E-state index in [0.717, 1.165) is 18.4 Å². The Morgan fingerprint density at radius 3 is 2.72 bits per heavy atom. The van der Waals surface area contributed by atoms with Gasteiger partial charge in [-0.05, 0) is 12.0 Å². The predicted molar refractivity (Wildman–Crippen MR) is 112 cm³/mol. The first-order chi connectivity index (χ1) is 14.0. The van der Waals surface area contributed by atoms with Gasteiger partial charge in [-0.1, -0.05) is 43.7 Å². The van der Waals surface area contributed by atoms with Gasteiger partial charge in [0.2, 0.25) is 5.91 Å². The second kappa shape index (κ2) is 9.47. The lowest BCUT2D eigenvalue weighted by atomic mass is 10.2. The molecule has 0 atom stereocenters. The molecule has 8 heteroatoms. The summed E-state index contributed by atoms with van der Waals surface area (Å²) in [6.45, 7) is 2.61. The Morgan fingerprint density at radius 2 is 2.00 bits per heavy atom. The Kier molecular flexibility index (Phi) is 6.77. The van der Waals surface area contributed by atoms with Crippen molar-refractivity contribution in [1.29, 1.82) is 0 Å². The van der Waals surface area contributed by atoms with Gasteiger partial charge in [0.25, 0.3) is 5.56 Å². The number of nitrogens with zero attached hydrogens (tertiary/aromatic N) is 3. The van der Waals surface area contributed by atoms with E-state index in [9.17, 15) is 14.4 Å². The fourth-order valence-electron chi connectivity index (χ4n) is 2.83. The molecule has 29 heavy (non-hydrogen) atoms. The summed E-state index contributed by atoms with van der Waals surface area (Å²) in [6.07, 6.45) is 3.02. The van der Waals surface area contributed by atoms with E-state index < -0.39 is 11.5 Å². The molecule has 152 valence electrons. The standard InChI is InChI=1S/C21H23N3O4S/c1-3-4-10-28-21(27)16-13-29-19-18(16)20(26)24(14-22-19)12-17(25)23(2)11-15-8-6-5-7-9-15/h5-9,13-14H,3-4,10-12H2,1-2H3. The van der Waals surface area contributed by atoms with E-state index in [1.807, 2.05) is 37.3 Å². The first kappa shape index (κ1) is 20.7. The maximum absolute atomic E-state index is 12.9. The van der Waals surface area contributed by atoms with Gasteiger partial charge in [-0.3, -0.25) is 14.2 Å². The summed E-state index contributed by atoms with van der Waals surface area (Å²) in [7, 11) is 1.69. The molecule has 0 unspecified atom stereocenters. The molecule has 0 aliphatic carbocycles. The fourth-order valence-corrected chi connectivity index (χ4v) is 3.70. The quantitative estimate of drug-likeness (QED) is 0.419. The number of amides is 1. The molecule has 0 bridgehead atoms. The van der Waals surface area contributed by atoms with Crippen LogP contribution in [0.15, 0.2) is 46.8 Å². The Bertz CT molecular complexity index is 1060. The van der Waals surface area contributed by atoms with Gasteiger partial charge in [-0.2, -0.15) is 0 Å². The van der Waals surface area contributed by atoms with Gasteiger partial charge in [0.15, 0.2) is 0 Å². The average Bonchev–Trinajstić information content (AvgIpc) is 3.16. The van der Waals surface area contributed by atoms with E-state index >= 15 is 0 Å². The summed E-state index contributed by atoms with van der Waals surface area (Å²) in [6, 6.07) is 9.61. The first-order valence-corrected chi connectivity index (χ1v) is 10.3. The number of esters is 1. The van der Waals surface area contributed by atoms with Crippen LogP contribution in [0.3, 0.4) is 0 Å². The molecule has 0 saturated carbocycles. The molecular formula is C21H23N3O4S. The van der Waals surface area contributed by atoms with E-state index in [4.69, 9.17) is 4.74 Å². The van der Waals surface area contributed by atoms with Crippen LogP contribution in [-0.4, -0.2) is 40.0 Å². The summed E-state index contributed by atoms with van der Waals surface area (Å²) >= 11 is 1.21. The number of hydrogen-bond acceptors (Lipinski definition) is 6. The van der Waals surface area contributed by atoms with Crippen LogP contribution in [-0.2, 0) is 22.6 Å². The Hall–Kier alpha value is -3.00. The Morgan fingerprint density at radius 1 is 1.24 bits per heavy atom. The van der Waals surface area contributed by atoms with Gasteiger partial charge in [-0.15, -0.1) is 11.3 Å². The van der Waals surface area contributed by atoms with Gasteiger partial charge in [0.05, 0.1) is 23.9 Å². The highest BCUT2D eigenvalue weighted by Gasteiger charge is 2.20. The molecule has 2 heterocycles. The smallest absolute Gasteiger partial charge is 0.339 e. The SMILES string of the molecule is CCCCOC(=O)c1csc2ncn(CC(=O)N(C)Cc3ccccc3)c(=O)c12. The largest absolute Gasteiger partial charge is 0.462 e. The molecule has 2 aromatic heterocycles. The van der Waals surface area contributed by atoms with Crippen molar-refractivity contribution in [3.05, 3.63) is 63.5 Å². The van der Waals surface area contributed by atoms with E-state index in [1.165, 1.54) is 22.2 Å². The van der Waals surface area contributed by atoms with Crippen molar-refractivity contribution in [3.8, 4) is 0 Å². The van der Waals surface area contributed by atoms with Crippen LogP contribution >= 0.6 is 11.3 Å². The Labute approximate surface area is 172 Å². The summed E-state index contributed by atoms with van der Waals surface area (Å²) in [4.78, 5) is 44.1. The van der Waals surface area contributed by atoms with Crippen LogP contribution in [0.25, 0.3) is 10.2 Å². The van der Waals surface area contributed by atoms with Crippen LogP contribution in [0.2, 0.25) is 0 Å². The number of hydrogen-bond donors (Lipinski definition) is 0. The van der Waals surface area contributed by atoms with Crippen molar-refractivity contribution in [2.75, 3.05) is 13.7 Å². The first-order valence-electron chi connectivity index (χ1n) is 9.43. The van der Waals surface area contributed by atoms with Crippen molar-refractivity contribution < 1.29 is 14.3 Å². The lowest BCUT2D eigenvalue weighted by Gasteiger charge is -2.17. The van der Waals surface area contributed by atoms with Crippen molar-refractivity contribution in [3.63, 3.8) is 0 Å². The Balaban J connectivity index is 1.78. The molecule has 7 nitrogen and oxygen atoms in total. The summed E-state index contributed by atoms with van der Waals surface area (Å²) in [5.74, 6) is -0.756. The maximum Gasteiger partial charge on any atom is 0.339 e. The molecule has 1 aromatic carbocycles. The molecule has 0 saturated heterocycles. The lowest BCUT2D eigenvalue weighted by Crippen LogP contribution is -2.33. The molecular weight excluding hydrogens is 390 g/mol. The highest BCUT2D eigenvalue weighted by Crippen LogP contribution is 2.21. The number of aromatic nitrogens is 2. The van der Waals surface area contributed by atoms with Crippen LogP contribution < -0.4 is 5.56 Å². The van der Waals surface area contributed by atoms with Gasteiger partial charge in [0.1, 0.15) is 11.4 Å². The van der Waals surface area contributed by atoms with Gasteiger partial charge >= 0.3 is 5.97 Å². The fraction of sp³-hybridized carbons (Fsp3) is 0.333. The third kappa shape index (κ3) is 4.89. The number of thiophene rings is 1. The van der Waals surface area contributed by atoms with Crippen LogP contribution in [0, 0.1) is 0 Å². The molecule has 0 spiro atoms. The molecule has 0 radical (unpaired) electrons. The second-order valence-electron chi connectivity index (χ2n) is 6.73. The number of carbonyl (C=O) groups excluding carboxylic acids is 2. The number of rotatable bonds is 8. The highest BCUT2D eigenvalue weighted by atomic mass is 32.1. The number of unbranched alkanes of at least 4 members (excludes halogenated alkanes) is 1. The van der Waals surface area contributed by atoms with Crippen LogP contribution in [0.5, 0.6) is 0 Å². The summed E-state index contributed by atoms with van der Waals surface area (Å²) in [5, 5.41) is 1.79. The average molecular weight is 413 g/mol. The summed E-state index contributed by atoms with van der Waals surface area (Å²) < 4.78 is 6.47. The van der Waals surface area contributed by atoms with Gasteiger partial charge in [-0.25, -0.2) is 9.78 Å². The third-order valence-corrected chi connectivity index (χ3v) is 5.39. The van der Waals surface area contributed by atoms with Crippen molar-refractivity contribution in [1.82, 2.24) is 14.5 Å². The number of ether oxygens (including phenoxy) is 1. The molecule has 1 amide bonds. The number of benzene rings is 1. The molecule has 0 aliphatic rings. The van der Waals surface area contributed by atoms with Crippen molar-refractivity contribution in [2.45, 2.75) is 32.9 Å². The zero-order valence-electron chi connectivity index (χ0n) is 16.5. The summed E-state index contributed by atoms with van der Waals surface area (Å²) in [5.41, 5.74) is 0.789. The zero-order chi connectivity index (χ0) is 20.8. The minimum Gasteiger partial charge on any atom is -0.462 e. The lowest BCUT2D eigenvalue weighted by molar-refractivity contribution is -0.131. The highest BCUT2D eigenvalue weighted by molar-refractivity contribution is 7.17. The van der Waals surface area contributed by atoms with Gasteiger partial charge < -0.3 is 9.64 Å². The van der Waals surface area contributed by atoms with E-state index in [1.54, 1.807) is 17.3 Å². The normalized spacial score (nSPS) is 10.8. The van der Waals surface area contributed by atoms with Crippen LogP contribution in [0.1, 0.15) is 35.7 Å². The number of carbonyl (C=O) groups is 2. The zero-order valence-corrected chi connectivity index (χ0v) is 17.3. The molecule has 3 aromatic rings. The minimum atomic E-state index is -0.533. The minimum absolute atomic E-state index is 0.148. The topological polar surface area (TPSA) is 81.5 Å². The van der Waals surface area contributed by atoms with E-state index in [2.05, 4.69) is 4.98 Å². The third-order valence-electron chi connectivity index (χ3n) is 4.51. The monoisotopic (exact) mass is 413 g/mol. The molecule has 3 rings (SSSR count). The van der Waals surface area contributed by atoms with Crippen molar-refractivity contribution in [2.24, 2.45) is 0 Å².